The molecule has 1 aromatic rings. The summed E-state index contributed by atoms with van der Waals surface area (Å²) in [7, 11) is 0. The second-order valence-corrected chi connectivity index (χ2v) is 7.91. The molecule has 1 aliphatic rings. The van der Waals surface area contributed by atoms with Crippen molar-refractivity contribution in [2.45, 2.75) is 92.1 Å². The van der Waals surface area contributed by atoms with Crippen molar-refractivity contribution in [3.63, 3.8) is 0 Å². The van der Waals surface area contributed by atoms with Gasteiger partial charge in [-0.25, -0.2) is 0 Å². The molecule has 1 aliphatic carbocycles. The Balaban J connectivity index is 1.76. The van der Waals surface area contributed by atoms with Gasteiger partial charge in [0.1, 0.15) is 0 Å². The molecule has 2 unspecified atom stereocenters. The van der Waals surface area contributed by atoms with Crippen LogP contribution in [0.5, 0.6) is 0 Å². The first-order chi connectivity index (χ1) is 12.4. The lowest BCUT2D eigenvalue weighted by molar-refractivity contribution is -0.143. The van der Waals surface area contributed by atoms with Crippen LogP contribution in [0.15, 0.2) is 0 Å². The van der Waals surface area contributed by atoms with E-state index in [1.165, 1.54) is 39.8 Å². The SMILES string of the molecule is CCOC(=O)CCCCCCCC1Cc2c(C)c(C)c(C)c(C)c2C1O. The highest BCUT2D eigenvalue weighted by Gasteiger charge is 2.34. The van der Waals surface area contributed by atoms with Gasteiger partial charge < -0.3 is 9.84 Å². The van der Waals surface area contributed by atoms with Gasteiger partial charge in [0.15, 0.2) is 0 Å². The normalized spacial score (nSPS) is 18.8. The number of aliphatic hydroxyl groups excluding tert-OH is 1. The van der Waals surface area contributed by atoms with Crippen molar-refractivity contribution in [2.75, 3.05) is 6.61 Å². The third-order valence-electron chi connectivity index (χ3n) is 6.34. The molecule has 1 aromatic carbocycles. The fraction of sp³-hybridized carbons (Fsp3) is 0.696. The average molecular weight is 361 g/mol. The molecule has 3 heteroatoms. The minimum atomic E-state index is -0.299. The number of carbonyl (C=O) groups is 1. The molecule has 3 nitrogen and oxygen atoms in total. The van der Waals surface area contributed by atoms with E-state index in [4.69, 9.17) is 4.74 Å². The minimum Gasteiger partial charge on any atom is -0.466 e. The maximum absolute atomic E-state index is 11.3. The van der Waals surface area contributed by atoms with Gasteiger partial charge >= 0.3 is 5.97 Å². The van der Waals surface area contributed by atoms with Gasteiger partial charge in [0.2, 0.25) is 0 Å². The molecule has 0 amide bonds. The number of rotatable bonds is 9. The molecule has 26 heavy (non-hydrogen) atoms. The topological polar surface area (TPSA) is 46.5 Å². The monoisotopic (exact) mass is 360 g/mol. The van der Waals surface area contributed by atoms with Gasteiger partial charge in [-0.05, 0) is 93.2 Å². The lowest BCUT2D eigenvalue weighted by Crippen LogP contribution is -2.08. The number of aliphatic hydroxyl groups is 1. The van der Waals surface area contributed by atoms with Crippen LogP contribution in [0.4, 0.5) is 0 Å². The first kappa shape index (κ1) is 21.0. The molecule has 0 saturated carbocycles. The molecule has 0 bridgehead atoms. The van der Waals surface area contributed by atoms with Crippen molar-refractivity contribution < 1.29 is 14.6 Å². The highest BCUT2D eigenvalue weighted by molar-refractivity contribution is 5.69. The van der Waals surface area contributed by atoms with Crippen LogP contribution in [-0.4, -0.2) is 17.7 Å². The summed E-state index contributed by atoms with van der Waals surface area (Å²) in [6.45, 7) is 11.1. The van der Waals surface area contributed by atoms with Gasteiger partial charge in [-0.1, -0.05) is 25.7 Å². The van der Waals surface area contributed by atoms with E-state index in [0.717, 1.165) is 38.5 Å². The van der Waals surface area contributed by atoms with Crippen LogP contribution < -0.4 is 0 Å². The first-order valence-electron chi connectivity index (χ1n) is 10.3. The zero-order valence-electron chi connectivity index (χ0n) is 17.3. The standard InChI is InChI=1S/C23H36O3/c1-6-26-21(24)13-11-9-7-8-10-12-19-14-20-17(4)15(2)16(3)18(5)22(20)23(19)25/h19,23,25H,6-14H2,1-5H3. The summed E-state index contributed by atoms with van der Waals surface area (Å²) in [6, 6.07) is 0. The maximum Gasteiger partial charge on any atom is 0.305 e. The number of carbonyl (C=O) groups excluding carboxylic acids is 1. The van der Waals surface area contributed by atoms with Gasteiger partial charge in [-0.3, -0.25) is 4.79 Å². The summed E-state index contributed by atoms with van der Waals surface area (Å²) in [6.07, 6.45) is 7.86. The molecule has 2 atom stereocenters. The third-order valence-corrected chi connectivity index (χ3v) is 6.34. The van der Waals surface area contributed by atoms with Crippen molar-refractivity contribution in [2.24, 2.45) is 5.92 Å². The van der Waals surface area contributed by atoms with Gasteiger partial charge in [-0.2, -0.15) is 0 Å². The molecule has 2 rings (SSSR count). The summed E-state index contributed by atoms with van der Waals surface area (Å²) in [5, 5.41) is 10.9. The third kappa shape index (κ3) is 4.68. The van der Waals surface area contributed by atoms with E-state index in [1.807, 2.05) is 6.92 Å². The molecule has 0 heterocycles. The Bertz CT molecular complexity index is 633. The zero-order chi connectivity index (χ0) is 19.3. The molecule has 0 spiro atoms. The largest absolute Gasteiger partial charge is 0.466 e. The number of esters is 1. The first-order valence-corrected chi connectivity index (χ1v) is 10.3. The van der Waals surface area contributed by atoms with Crippen LogP contribution in [0.1, 0.15) is 91.4 Å². The van der Waals surface area contributed by atoms with E-state index >= 15 is 0 Å². The van der Waals surface area contributed by atoms with E-state index in [1.54, 1.807) is 0 Å². The second kappa shape index (κ2) is 9.55. The summed E-state index contributed by atoms with van der Waals surface area (Å²) in [5.41, 5.74) is 8.00. The van der Waals surface area contributed by atoms with Gasteiger partial charge in [0.25, 0.3) is 0 Å². The lowest BCUT2D eigenvalue weighted by Gasteiger charge is -2.18. The predicted octanol–water partition coefficient (Wildman–Crippen LogP) is 5.42. The Morgan fingerprint density at radius 3 is 2.27 bits per heavy atom. The Morgan fingerprint density at radius 1 is 0.962 bits per heavy atom. The van der Waals surface area contributed by atoms with E-state index in [-0.39, 0.29) is 12.1 Å². The number of fused-ring (bicyclic) bond motifs is 1. The Kier molecular flexibility index (Phi) is 7.69. The van der Waals surface area contributed by atoms with Gasteiger partial charge in [-0.15, -0.1) is 0 Å². The molecule has 0 aliphatic heterocycles. The number of benzene rings is 1. The van der Waals surface area contributed by atoms with Crippen LogP contribution >= 0.6 is 0 Å². The van der Waals surface area contributed by atoms with Crippen LogP contribution in [-0.2, 0) is 16.0 Å². The summed E-state index contributed by atoms with van der Waals surface area (Å²) in [4.78, 5) is 11.3. The van der Waals surface area contributed by atoms with Crippen molar-refractivity contribution >= 4 is 5.97 Å². The second-order valence-electron chi connectivity index (χ2n) is 7.91. The van der Waals surface area contributed by atoms with Crippen molar-refractivity contribution in [3.05, 3.63) is 33.4 Å². The number of unbranched alkanes of at least 4 members (excludes halogenated alkanes) is 4. The molecular weight excluding hydrogens is 324 g/mol. The molecule has 146 valence electrons. The number of hydrogen-bond acceptors (Lipinski definition) is 3. The molecule has 0 fully saturated rings. The summed E-state index contributed by atoms with van der Waals surface area (Å²) >= 11 is 0. The summed E-state index contributed by atoms with van der Waals surface area (Å²) < 4.78 is 4.95. The highest BCUT2D eigenvalue weighted by atomic mass is 16.5. The van der Waals surface area contributed by atoms with Crippen molar-refractivity contribution in [3.8, 4) is 0 Å². The van der Waals surface area contributed by atoms with E-state index in [0.29, 0.717) is 18.9 Å². The van der Waals surface area contributed by atoms with Crippen LogP contribution in [0.25, 0.3) is 0 Å². The minimum absolute atomic E-state index is 0.0735. The fourth-order valence-corrected chi connectivity index (χ4v) is 4.39. The molecule has 0 radical (unpaired) electrons. The quantitative estimate of drug-likeness (QED) is 0.472. The fourth-order valence-electron chi connectivity index (χ4n) is 4.39. The highest BCUT2D eigenvalue weighted by Crippen LogP contribution is 2.44. The Morgan fingerprint density at radius 2 is 1.58 bits per heavy atom. The molecule has 1 N–H and O–H groups in total. The van der Waals surface area contributed by atoms with E-state index in [9.17, 15) is 9.90 Å². The summed E-state index contributed by atoms with van der Waals surface area (Å²) in [5.74, 6) is 0.291. The molecular formula is C23H36O3. The van der Waals surface area contributed by atoms with Crippen molar-refractivity contribution in [1.29, 1.82) is 0 Å². The van der Waals surface area contributed by atoms with Gasteiger partial charge in [0.05, 0.1) is 12.7 Å². The van der Waals surface area contributed by atoms with E-state index < -0.39 is 0 Å². The smallest absolute Gasteiger partial charge is 0.305 e. The Hall–Kier alpha value is -1.35. The molecule has 0 saturated heterocycles. The lowest BCUT2D eigenvalue weighted by atomic mass is 9.90. The van der Waals surface area contributed by atoms with Gasteiger partial charge in [0, 0.05) is 6.42 Å². The zero-order valence-corrected chi connectivity index (χ0v) is 17.3. The predicted molar refractivity (Wildman–Crippen MR) is 106 cm³/mol. The average Bonchev–Trinajstić information content (AvgIpc) is 2.94. The van der Waals surface area contributed by atoms with Crippen LogP contribution in [0, 0.1) is 33.6 Å². The Labute approximate surface area is 159 Å². The number of ether oxygens (including phenoxy) is 1. The maximum atomic E-state index is 11.3. The van der Waals surface area contributed by atoms with E-state index in [2.05, 4.69) is 27.7 Å². The van der Waals surface area contributed by atoms with Crippen molar-refractivity contribution in [1.82, 2.24) is 0 Å². The number of hydrogen-bond donors (Lipinski definition) is 1. The van der Waals surface area contributed by atoms with Crippen LogP contribution in [0.2, 0.25) is 0 Å². The molecule has 0 aromatic heterocycles. The van der Waals surface area contributed by atoms with Crippen LogP contribution in [0.3, 0.4) is 0 Å².